The van der Waals surface area contributed by atoms with Gasteiger partial charge in [-0.05, 0) is 29.5 Å². The maximum atomic E-state index is 13.5. The molecular weight excluding hydrogens is 340 g/mol. The standard InChI is InChI=1S/C15H10ClF2N5O/c16-10-3-1-2-9(6-10)15-20-22-23(21-15)8-14(24)19-13-7-11(17)4-5-12(13)18/h1-7H,8H2,(H,19,24). The van der Waals surface area contributed by atoms with Crippen LogP contribution in [0.25, 0.3) is 11.4 Å². The van der Waals surface area contributed by atoms with Crippen molar-refractivity contribution in [3.05, 3.63) is 59.1 Å². The average Bonchev–Trinajstić information content (AvgIpc) is 2.99. The Hall–Kier alpha value is -2.87. The maximum Gasteiger partial charge on any atom is 0.248 e. The molecule has 6 nitrogen and oxygen atoms in total. The van der Waals surface area contributed by atoms with Crippen LogP contribution in [-0.4, -0.2) is 26.1 Å². The van der Waals surface area contributed by atoms with Crippen LogP contribution in [0.2, 0.25) is 5.02 Å². The van der Waals surface area contributed by atoms with Gasteiger partial charge in [0.1, 0.15) is 18.2 Å². The second kappa shape index (κ2) is 6.71. The van der Waals surface area contributed by atoms with E-state index in [1.807, 2.05) is 0 Å². The van der Waals surface area contributed by atoms with Gasteiger partial charge in [0, 0.05) is 16.7 Å². The first-order valence-electron chi connectivity index (χ1n) is 6.80. The minimum atomic E-state index is -0.740. The highest BCUT2D eigenvalue weighted by molar-refractivity contribution is 6.30. The highest BCUT2D eigenvalue weighted by Gasteiger charge is 2.12. The van der Waals surface area contributed by atoms with Crippen LogP contribution >= 0.6 is 11.6 Å². The van der Waals surface area contributed by atoms with E-state index in [0.29, 0.717) is 16.4 Å². The van der Waals surface area contributed by atoms with Gasteiger partial charge in [-0.2, -0.15) is 4.80 Å². The number of tetrazole rings is 1. The van der Waals surface area contributed by atoms with Crippen LogP contribution < -0.4 is 5.32 Å². The third-order valence-electron chi connectivity index (χ3n) is 3.02. The Morgan fingerprint density at radius 3 is 2.83 bits per heavy atom. The monoisotopic (exact) mass is 349 g/mol. The first-order chi connectivity index (χ1) is 11.5. The van der Waals surface area contributed by atoms with Gasteiger partial charge in [0.25, 0.3) is 0 Å². The second-order valence-corrected chi connectivity index (χ2v) is 5.26. The minimum absolute atomic E-state index is 0.254. The Labute approximate surface area is 140 Å². The zero-order chi connectivity index (χ0) is 17.1. The highest BCUT2D eigenvalue weighted by atomic mass is 35.5. The fourth-order valence-electron chi connectivity index (χ4n) is 1.96. The molecule has 9 heteroatoms. The zero-order valence-electron chi connectivity index (χ0n) is 12.1. The van der Waals surface area contributed by atoms with Gasteiger partial charge >= 0.3 is 0 Å². The maximum absolute atomic E-state index is 13.5. The van der Waals surface area contributed by atoms with Crippen LogP contribution in [0.5, 0.6) is 0 Å². The molecule has 1 N–H and O–H groups in total. The summed E-state index contributed by atoms with van der Waals surface area (Å²) in [5.74, 6) is -1.72. The molecule has 0 aliphatic carbocycles. The lowest BCUT2D eigenvalue weighted by atomic mass is 10.2. The van der Waals surface area contributed by atoms with Crippen molar-refractivity contribution >= 4 is 23.2 Å². The fraction of sp³-hybridized carbons (Fsp3) is 0.0667. The molecular formula is C15H10ClF2N5O. The Bertz CT molecular complexity index is 899. The van der Waals surface area contributed by atoms with Crippen molar-refractivity contribution in [3.8, 4) is 11.4 Å². The molecule has 0 bridgehead atoms. The Balaban J connectivity index is 1.70. The lowest BCUT2D eigenvalue weighted by Gasteiger charge is -2.05. The zero-order valence-corrected chi connectivity index (χ0v) is 12.8. The summed E-state index contributed by atoms with van der Waals surface area (Å²) in [6.07, 6.45) is 0. The summed E-state index contributed by atoms with van der Waals surface area (Å²) in [6.45, 7) is -0.302. The second-order valence-electron chi connectivity index (χ2n) is 4.83. The normalized spacial score (nSPS) is 10.6. The SMILES string of the molecule is O=C(Cn1nnc(-c2cccc(Cl)c2)n1)Nc1cc(F)ccc1F. The number of halogens is 3. The number of carbonyl (C=O) groups excluding carboxylic acids is 1. The molecule has 0 aliphatic rings. The van der Waals surface area contributed by atoms with E-state index in [1.54, 1.807) is 24.3 Å². The molecule has 0 atom stereocenters. The van der Waals surface area contributed by atoms with Crippen molar-refractivity contribution in [2.45, 2.75) is 6.54 Å². The van der Waals surface area contributed by atoms with Gasteiger partial charge in [-0.15, -0.1) is 10.2 Å². The minimum Gasteiger partial charge on any atom is -0.322 e. The first kappa shape index (κ1) is 16.0. The van der Waals surface area contributed by atoms with E-state index in [4.69, 9.17) is 11.6 Å². The Morgan fingerprint density at radius 2 is 2.04 bits per heavy atom. The highest BCUT2D eigenvalue weighted by Crippen LogP contribution is 2.18. The van der Waals surface area contributed by atoms with Gasteiger partial charge < -0.3 is 5.32 Å². The molecule has 2 aromatic carbocycles. The lowest BCUT2D eigenvalue weighted by molar-refractivity contribution is -0.117. The smallest absolute Gasteiger partial charge is 0.248 e. The van der Waals surface area contributed by atoms with E-state index in [1.165, 1.54) is 0 Å². The molecule has 0 unspecified atom stereocenters. The number of nitrogens with zero attached hydrogens (tertiary/aromatic N) is 4. The molecule has 1 aromatic heterocycles. The van der Waals surface area contributed by atoms with Crippen molar-refractivity contribution in [2.75, 3.05) is 5.32 Å². The van der Waals surface area contributed by atoms with Crippen LogP contribution in [0.15, 0.2) is 42.5 Å². The molecule has 0 saturated heterocycles. The average molecular weight is 350 g/mol. The predicted octanol–water partition coefficient (Wildman–Crippen LogP) is 2.91. The molecule has 24 heavy (non-hydrogen) atoms. The fourth-order valence-corrected chi connectivity index (χ4v) is 2.16. The van der Waals surface area contributed by atoms with E-state index in [-0.39, 0.29) is 12.2 Å². The van der Waals surface area contributed by atoms with Gasteiger partial charge in [0.05, 0.1) is 5.69 Å². The summed E-state index contributed by atoms with van der Waals surface area (Å²) in [7, 11) is 0. The molecule has 3 aromatic rings. The Morgan fingerprint density at radius 1 is 1.21 bits per heavy atom. The van der Waals surface area contributed by atoms with Crippen LogP contribution in [0.3, 0.4) is 0 Å². The summed E-state index contributed by atoms with van der Waals surface area (Å²) >= 11 is 5.89. The van der Waals surface area contributed by atoms with Gasteiger partial charge in [0.15, 0.2) is 0 Å². The summed E-state index contributed by atoms with van der Waals surface area (Å²) < 4.78 is 26.6. The third kappa shape index (κ3) is 3.72. The number of benzene rings is 2. The Kier molecular flexibility index (Phi) is 4.48. The van der Waals surface area contributed by atoms with Crippen molar-refractivity contribution in [1.82, 2.24) is 20.2 Å². The van der Waals surface area contributed by atoms with E-state index in [0.717, 1.165) is 23.0 Å². The van der Waals surface area contributed by atoms with Crippen molar-refractivity contribution < 1.29 is 13.6 Å². The number of hydrogen-bond acceptors (Lipinski definition) is 4. The molecule has 1 heterocycles. The van der Waals surface area contributed by atoms with E-state index in [9.17, 15) is 13.6 Å². The largest absolute Gasteiger partial charge is 0.322 e. The number of aromatic nitrogens is 4. The summed E-state index contributed by atoms with van der Waals surface area (Å²) in [4.78, 5) is 12.9. The van der Waals surface area contributed by atoms with Gasteiger partial charge in [-0.25, -0.2) is 8.78 Å². The van der Waals surface area contributed by atoms with Crippen molar-refractivity contribution in [3.63, 3.8) is 0 Å². The van der Waals surface area contributed by atoms with E-state index >= 15 is 0 Å². The summed E-state index contributed by atoms with van der Waals surface area (Å²) in [5.41, 5.74) is 0.389. The molecule has 0 radical (unpaired) electrons. The van der Waals surface area contributed by atoms with Gasteiger partial charge in [-0.1, -0.05) is 23.7 Å². The molecule has 0 spiro atoms. The van der Waals surface area contributed by atoms with Crippen LogP contribution in [0.4, 0.5) is 14.5 Å². The molecule has 122 valence electrons. The molecule has 0 aliphatic heterocycles. The van der Waals surface area contributed by atoms with Gasteiger partial charge in [-0.3, -0.25) is 4.79 Å². The summed E-state index contributed by atoms with van der Waals surface area (Å²) in [5, 5.41) is 14.4. The first-order valence-corrected chi connectivity index (χ1v) is 7.18. The number of hydrogen-bond donors (Lipinski definition) is 1. The van der Waals surface area contributed by atoms with Crippen molar-refractivity contribution in [1.29, 1.82) is 0 Å². The molecule has 0 fully saturated rings. The molecule has 3 rings (SSSR count). The van der Waals surface area contributed by atoms with E-state index in [2.05, 4.69) is 20.7 Å². The van der Waals surface area contributed by atoms with Crippen LogP contribution in [-0.2, 0) is 11.3 Å². The van der Waals surface area contributed by atoms with E-state index < -0.39 is 17.5 Å². The molecule has 0 saturated carbocycles. The summed E-state index contributed by atoms with van der Waals surface area (Å²) in [6, 6.07) is 9.62. The van der Waals surface area contributed by atoms with Crippen LogP contribution in [0, 0.1) is 11.6 Å². The molecule has 1 amide bonds. The predicted molar refractivity (Wildman–Crippen MR) is 83.3 cm³/mol. The number of amides is 1. The quantitative estimate of drug-likeness (QED) is 0.786. The third-order valence-corrected chi connectivity index (χ3v) is 3.26. The number of rotatable bonds is 4. The van der Waals surface area contributed by atoms with Crippen molar-refractivity contribution in [2.24, 2.45) is 0 Å². The van der Waals surface area contributed by atoms with Crippen LogP contribution in [0.1, 0.15) is 0 Å². The number of carbonyl (C=O) groups is 1. The topological polar surface area (TPSA) is 72.7 Å². The number of nitrogens with one attached hydrogen (secondary N) is 1. The van der Waals surface area contributed by atoms with Gasteiger partial charge in [0.2, 0.25) is 11.7 Å². The lowest BCUT2D eigenvalue weighted by Crippen LogP contribution is -2.21. The number of anilines is 1.